The maximum atomic E-state index is 2.53. The topological polar surface area (TPSA) is 6.48 Å². The largest absolute Gasteiger partial charge is 1.00 e. The molecule has 6 aromatic rings. The van der Waals surface area contributed by atoms with Crippen molar-refractivity contribution in [3.63, 3.8) is 0 Å². The van der Waals surface area contributed by atoms with Crippen LogP contribution in [0.4, 0.5) is 11.4 Å². The van der Waals surface area contributed by atoms with E-state index in [1.807, 2.05) is 0 Å². The van der Waals surface area contributed by atoms with Crippen LogP contribution in [0.1, 0.15) is 35.1 Å². The van der Waals surface area contributed by atoms with Crippen molar-refractivity contribution in [1.82, 2.24) is 0 Å². The SMILES string of the molecule is [Cl-].c1ccc2c(c1)CCCN2Cc1cccc2ccccc12.c1ccc2c(c1)CCCN2Cc1cccc2ccccc12. The molecule has 0 atom stereocenters. The minimum absolute atomic E-state index is 0. The highest BCUT2D eigenvalue weighted by Crippen LogP contribution is 2.31. The molecule has 0 bridgehead atoms. The first-order chi connectivity index (χ1) is 20.8. The van der Waals surface area contributed by atoms with Crippen LogP contribution >= 0.6 is 0 Å². The summed E-state index contributed by atoms with van der Waals surface area (Å²) in [6.07, 6.45) is 4.92. The molecule has 2 aliphatic heterocycles. The quantitative estimate of drug-likeness (QED) is 0.232. The lowest BCUT2D eigenvalue weighted by Gasteiger charge is -2.31. The van der Waals surface area contributed by atoms with Gasteiger partial charge in [-0.3, -0.25) is 0 Å². The van der Waals surface area contributed by atoms with Crippen LogP contribution in [-0.2, 0) is 25.9 Å². The Bertz CT molecular complexity index is 1680. The number of fused-ring (bicyclic) bond motifs is 4. The number of halogens is 1. The maximum Gasteiger partial charge on any atom is 0.0435 e. The van der Waals surface area contributed by atoms with Crippen molar-refractivity contribution in [3.8, 4) is 0 Å². The lowest BCUT2D eigenvalue weighted by atomic mass is 9.99. The summed E-state index contributed by atoms with van der Waals surface area (Å²) >= 11 is 0. The average Bonchev–Trinajstić information content (AvgIpc) is 3.06. The van der Waals surface area contributed by atoms with E-state index in [9.17, 15) is 0 Å². The van der Waals surface area contributed by atoms with E-state index in [1.54, 1.807) is 0 Å². The number of anilines is 2. The lowest BCUT2D eigenvalue weighted by molar-refractivity contribution is -0.00000811. The first-order valence-electron chi connectivity index (χ1n) is 15.4. The Morgan fingerprint density at radius 3 is 1.30 bits per heavy atom. The van der Waals surface area contributed by atoms with E-state index in [4.69, 9.17) is 0 Å². The molecule has 3 heteroatoms. The average molecular weight is 582 g/mol. The molecular weight excluding hydrogens is 544 g/mol. The van der Waals surface area contributed by atoms with Crippen LogP contribution < -0.4 is 22.2 Å². The molecule has 2 heterocycles. The zero-order chi connectivity index (χ0) is 28.1. The van der Waals surface area contributed by atoms with E-state index >= 15 is 0 Å². The Kier molecular flexibility index (Phi) is 8.96. The van der Waals surface area contributed by atoms with Crippen LogP contribution in [0.5, 0.6) is 0 Å². The van der Waals surface area contributed by atoms with Gasteiger partial charge in [0.25, 0.3) is 0 Å². The Labute approximate surface area is 262 Å². The van der Waals surface area contributed by atoms with E-state index in [-0.39, 0.29) is 12.4 Å². The van der Waals surface area contributed by atoms with E-state index < -0.39 is 0 Å². The maximum absolute atomic E-state index is 2.53. The van der Waals surface area contributed by atoms with E-state index in [1.165, 1.54) is 80.9 Å². The van der Waals surface area contributed by atoms with E-state index in [0.717, 1.165) is 26.2 Å². The monoisotopic (exact) mass is 581 g/mol. The molecular formula is C40H38ClN2-. The second kappa shape index (κ2) is 13.4. The van der Waals surface area contributed by atoms with Crippen molar-refractivity contribution < 1.29 is 12.4 Å². The van der Waals surface area contributed by atoms with Crippen molar-refractivity contribution in [2.24, 2.45) is 0 Å². The predicted octanol–water partition coefficient (Wildman–Crippen LogP) is 6.59. The second-order valence-corrected chi connectivity index (χ2v) is 11.6. The van der Waals surface area contributed by atoms with Gasteiger partial charge in [-0.05, 0) is 81.6 Å². The minimum atomic E-state index is 0. The van der Waals surface area contributed by atoms with Gasteiger partial charge in [0.05, 0.1) is 0 Å². The van der Waals surface area contributed by atoms with Crippen molar-refractivity contribution >= 4 is 32.9 Å². The van der Waals surface area contributed by atoms with Crippen LogP contribution in [0, 0.1) is 0 Å². The molecule has 43 heavy (non-hydrogen) atoms. The van der Waals surface area contributed by atoms with Gasteiger partial charge in [-0.1, -0.05) is 121 Å². The molecule has 0 saturated heterocycles. The van der Waals surface area contributed by atoms with Gasteiger partial charge < -0.3 is 22.2 Å². The molecule has 0 aromatic heterocycles. The molecule has 0 saturated carbocycles. The van der Waals surface area contributed by atoms with Gasteiger partial charge in [0.2, 0.25) is 0 Å². The Morgan fingerprint density at radius 2 is 0.814 bits per heavy atom. The van der Waals surface area contributed by atoms with Crippen LogP contribution in [0.2, 0.25) is 0 Å². The van der Waals surface area contributed by atoms with Gasteiger partial charge in [-0.2, -0.15) is 0 Å². The molecule has 0 fully saturated rings. The normalized spacial score (nSPS) is 13.9. The molecule has 2 nitrogen and oxygen atoms in total. The highest BCUT2D eigenvalue weighted by Gasteiger charge is 2.18. The number of nitrogens with zero attached hydrogens (tertiary/aromatic N) is 2. The molecule has 0 aliphatic carbocycles. The fourth-order valence-corrected chi connectivity index (χ4v) is 6.82. The lowest BCUT2D eigenvalue weighted by Crippen LogP contribution is -3.00. The number of para-hydroxylation sites is 2. The van der Waals surface area contributed by atoms with Gasteiger partial charge >= 0.3 is 0 Å². The molecule has 0 spiro atoms. The molecule has 0 N–H and O–H groups in total. The first kappa shape index (κ1) is 28.8. The summed E-state index contributed by atoms with van der Waals surface area (Å²) in [5, 5.41) is 5.42. The summed E-state index contributed by atoms with van der Waals surface area (Å²) in [6, 6.07) is 48.3. The van der Waals surface area contributed by atoms with Gasteiger partial charge in [0, 0.05) is 37.6 Å². The zero-order valence-corrected chi connectivity index (χ0v) is 25.4. The molecule has 0 amide bonds. The third-order valence-electron chi connectivity index (χ3n) is 8.90. The van der Waals surface area contributed by atoms with Gasteiger partial charge in [-0.15, -0.1) is 0 Å². The predicted molar refractivity (Wildman–Crippen MR) is 180 cm³/mol. The smallest absolute Gasteiger partial charge is 0.0435 e. The van der Waals surface area contributed by atoms with Gasteiger partial charge in [0.1, 0.15) is 0 Å². The van der Waals surface area contributed by atoms with Crippen LogP contribution in [0.25, 0.3) is 21.5 Å². The number of aryl methyl sites for hydroxylation is 2. The molecule has 6 aromatic carbocycles. The van der Waals surface area contributed by atoms with E-state index in [0.29, 0.717) is 0 Å². The molecule has 2 aliphatic rings. The minimum Gasteiger partial charge on any atom is -1.00 e. The van der Waals surface area contributed by atoms with E-state index in [2.05, 4.69) is 143 Å². The molecule has 0 radical (unpaired) electrons. The van der Waals surface area contributed by atoms with Gasteiger partial charge in [0.15, 0.2) is 0 Å². The highest BCUT2D eigenvalue weighted by molar-refractivity contribution is 5.86. The van der Waals surface area contributed by atoms with Gasteiger partial charge in [-0.25, -0.2) is 0 Å². The highest BCUT2D eigenvalue weighted by atomic mass is 35.5. The summed E-state index contributed by atoms with van der Waals surface area (Å²) in [5.41, 5.74) is 8.65. The van der Waals surface area contributed by atoms with Crippen molar-refractivity contribution in [1.29, 1.82) is 0 Å². The third kappa shape index (κ3) is 6.26. The molecule has 216 valence electrons. The number of rotatable bonds is 4. The summed E-state index contributed by atoms with van der Waals surface area (Å²) < 4.78 is 0. The second-order valence-electron chi connectivity index (χ2n) is 11.6. The summed E-state index contributed by atoms with van der Waals surface area (Å²) in [5.74, 6) is 0. The Balaban J connectivity index is 0.000000150. The molecule has 0 unspecified atom stereocenters. The third-order valence-corrected chi connectivity index (χ3v) is 8.90. The Morgan fingerprint density at radius 1 is 0.419 bits per heavy atom. The number of hydrogen-bond acceptors (Lipinski definition) is 2. The summed E-state index contributed by atoms with van der Waals surface area (Å²) in [7, 11) is 0. The fraction of sp³-hybridized carbons (Fsp3) is 0.200. The number of benzene rings is 6. The number of hydrogen-bond donors (Lipinski definition) is 0. The van der Waals surface area contributed by atoms with Crippen molar-refractivity contribution in [2.75, 3.05) is 22.9 Å². The van der Waals surface area contributed by atoms with Crippen molar-refractivity contribution in [3.05, 3.63) is 156 Å². The standard InChI is InChI=1S/2C20H19N.ClH/c2*1-3-12-19-16(7-1)9-5-10-18(19)15-21-14-6-11-17-8-2-4-13-20(17)21;/h2*1-5,7-10,12-13H,6,11,14-15H2;1H/p-1. The van der Waals surface area contributed by atoms with Crippen LogP contribution in [-0.4, -0.2) is 13.1 Å². The molecule has 8 rings (SSSR count). The Hall–Kier alpha value is -4.27. The van der Waals surface area contributed by atoms with Crippen LogP contribution in [0.15, 0.2) is 133 Å². The first-order valence-corrected chi connectivity index (χ1v) is 15.4. The zero-order valence-electron chi connectivity index (χ0n) is 24.6. The van der Waals surface area contributed by atoms with Crippen LogP contribution in [0.3, 0.4) is 0 Å². The summed E-state index contributed by atoms with van der Waals surface area (Å²) in [6.45, 7) is 4.30. The summed E-state index contributed by atoms with van der Waals surface area (Å²) in [4.78, 5) is 5.06. The van der Waals surface area contributed by atoms with Crippen molar-refractivity contribution in [2.45, 2.75) is 38.8 Å². The fourth-order valence-electron chi connectivity index (χ4n) is 6.82.